The summed E-state index contributed by atoms with van der Waals surface area (Å²) in [6.07, 6.45) is 0.983. The number of likely N-dealkylation sites (N-methyl/N-ethyl adjacent to an activating group) is 1. The van der Waals surface area contributed by atoms with Crippen LogP contribution in [0.1, 0.15) is 18.7 Å². The molecule has 0 aliphatic carbocycles. The molecule has 0 aliphatic heterocycles. The Balaban J connectivity index is 2.19. The number of hydrogen-bond acceptors (Lipinski definition) is 3. The van der Waals surface area contributed by atoms with Crippen molar-refractivity contribution in [1.29, 1.82) is 0 Å². The van der Waals surface area contributed by atoms with Crippen LogP contribution in [0.2, 0.25) is 0 Å². The molecule has 0 aromatic carbocycles. The highest BCUT2D eigenvalue weighted by Gasteiger charge is 2.05. The molecule has 0 aliphatic rings. The second-order valence-corrected chi connectivity index (χ2v) is 4.55. The number of thiophene rings is 1. The predicted octanol–water partition coefficient (Wildman–Crippen LogP) is 1.40. The summed E-state index contributed by atoms with van der Waals surface area (Å²) >= 11 is 1.76. The van der Waals surface area contributed by atoms with E-state index in [2.05, 4.69) is 35.1 Å². The summed E-state index contributed by atoms with van der Waals surface area (Å²) in [6.45, 7) is 5.12. The monoisotopic (exact) mass is 226 g/mol. The number of rotatable bonds is 6. The number of carbonyl (C=O) groups excluding carboxylic acids is 1. The van der Waals surface area contributed by atoms with Crippen molar-refractivity contribution in [2.75, 3.05) is 13.1 Å². The summed E-state index contributed by atoms with van der Waals surface area (Å²) in [5, 5.41) is 8.04. The largest absolute Gasteiger partial charge is 0.355 e. The smallest absolute Gasteiger partial charge is 0.233 e. The van der Waals surface area contributed by atoms with Gasteiger partial charge in [-0.1, -0.05) is 6.07 Å². The van der Waals surface area contributed by atoms with E-state index < -0.39 is 0 Å². The van der Waals surface area contributed by atoms with Crippen molar-refractivity contribution in [3.63, 3.8) is 0 Å². The van der Waals surface area contributed by atoms with Gasteiger partial charge in [0.15, 0.2) is 0 Å². The SMILES string of the molecule is CCNC(=O)CNC(C)Cc1cccs1. The van der Waals surface area contributed by atoms with E-state index in [1.54, 1.807) is 11.3 Å². The van der Waals surface area contributed by atoms with E-state index in [9.17, 15) is 4.79 Å². The van der Waals surface area contributed by atoms with Gasteiger partial charge in [0.05, 0.1) is 6.54 Å². The zero-order valence-electron chi connectivity index (χ0n) is 9.25. The lowest BCUT2D eigenvalue weighted by molar-refractivity contribution is -0.120. The Morgan fingerprint density at radius 3 is 3.00 bits per heavy atom. The lowest BCUT2D eigenvalue weighted by Crippen LogP contribution is -2.38. The molecule has 2 N–H and O–H groups in total. The van der Waals surface area contributed by atoms with E-state index in [0.717, 1.165) is 6.42 Å². The van der Waals surface area contributed by atoms with Crippen molar-refractivity contribution in [1.82, 2.24) is 10.6 Å². The Bertz CT molecular complexity index is 285. The van der Waals surface area contributed by atoms with Crippen molar-refractivity contribution in [3.8, 4) is 0 Å². The third kappa shape index (κ3) is 4.95. The Labute approximate surface area is 94.9 Å². The zero-order valence-corrected chi connectivity index (χ0v) is 10.1. The van der Waals surface area contributed by atoms with Crippen molar-refractivity contribution < 1.29 is 4.79 Å². The van der Waals surface area contributed by atoms with E-state index in [-0.39, 0.29) is 5.91 Å². The molecule has 0 radical (unpaired) electrons. The topological polar surface area (TPSA) is 41.1 Å². The first-order valence-electron chi connectivity index (χ1n) is 5.24. The molecular weight excluding hydrogens is 208 g/mol. The van der Waals surface area contributed by atoms with Crippen molar-refractivity contribution >= 4 is 17.2 Å². The minimum atomic E-state index is 0.0653. The molecule has 84 valence electrons. The first-order valence-corrected chi connectivity index (χ1v) is 6.12. The second-order valence-electron chi connectivity index (χ2n) is 3.52. The van der Waals surface area contributed by atoms with Gasteiger partial charge in [-0.15, -0.1) is 11.3 Å². The second kappa shape index (κ2) is 6.58. The number of carbonyl (C=O) groups is 1. The van der Waals surface area contributed by atoms with Crippen LogP contribution in [0.15, 0.2) is 17.5 Å². The minimum Gasteiger partial charge on any atom is -0.355 e. The highest BCUT2D eigenvalue weighted by Crippen LogP contribution is 2.10. The fourth-order valence-corrected chi connectivity index (χ4v) is 2.16. The van der Waals surface area contributed by atoms with Gasteiger partial charge in [-0.3, -0.25) is 4.79 Å². The summed E-state index contributed by atoms with van der Waals surface area (Å²) in [4.78, 5) is 12.5. The maximum absolute atomic E-state index is 11.2. The summed E-state index contributed by atoms with van der Waals surface area (Å²) in [6, 6.07) is 4.51. The standard InChI is InChI=1S/C11H18N2OS/c1-3-12-11(14)8-13-9(2)7-10-5-4-6-15-10/h4-6,9,13H,3,7-8H2,1-2H3,(H,12,14). The molecule has 0 spiro atoms. The van der Waals surface area contributed by atoms with Crippen molar-refractivity contribution in [2.24, 2.45) is 0 Å². The molecule has 1 unspecified atom stereocenters. The molecule has 15 heavy (non-hydrogen) atoms. The first-order chi connectivity index (χ1) is 7.22. The van der Waals surface area contributed by atoms with Gasteiger partial charge in [0.25, 0.3) is 0 Å². The molecule has 1 aromatic rings. The summed E-state index contributed by atoms with van der Waals surface area (Å²) < 4.78 is 0. The lowest BCUT2D eigenvalue weighted by Gasteiger charge is -2.12. The maximum atomic E-state index is 11.2. The molecule has 3 nitrogen and oxygen atoms in total. The fraction of sp³-hybridized carbons (Fsp3) is 0.545. The minimum absolute atomic E-state index is 0.0653. The Kier molecular flexibility index (Phi) is 5.36. The summed E-state index contributed by atoms with van der Waals surface area (Å²) in [7, 11) is 0. The average Bonchev–Trinajstić information content (AvgIpc) is 2.68. The fourth-order valence-electron chi connectivity index (χ4n) is 1.33. The number of amides is 1. The van der Waals surface area contributed by atoms with Gasteiger partial charge >= 0.3 is 0 Å². The molecule has 1 aromatic heterocycles. The Hall–Kier alpha value is -0.870. The number of hydrogen-bond donors (Lipinski definition) is 2. The molecule has 1 heterocycles. The van der Waals surface area contributed by atoms with E-state index in [1.807, 2.05) is 6.92 Å². The van der Waals surface area contributed by atoms with Gasteiger partial charge in [-0.05, 0) is 31.7 Å². The van der Waals surface area contributed by atoms with Crippen molar-refractivity contribution in [3.05, 3.63) is 22.4 Å². The van der Waals surface area contributed by atoms with Gasteiger partial charge in [-0.2, -0.15) is 0 Å². The molecule has 1 rings (SSSR count). The molecule has 1 amide bonds. The Morgan fingerprint density at radius 1 is 1.60 bits per heavy atom. The van der Waals surface area contributed by atoms with Crippen LogP contribution in [0, 0.1) is 0 Å². The Morgan fingerprint density at radius 2 is 2.40 bits per heavy atom. The van der Waals surface area contributed by atoms with E-state index >= 15 is 0 Å². The molecular formula is C11H18N2OS. The first kappa shape index (κ1) is 12.2. The van der Waals surface area contributed by atoms with Gasteiger partial charge in [0.1, 0.15) is 0 Å². The molecule has 0 saturated carbocycles. The summed E-state index contributed by atoms with van der Waals surface area (Å²) in [5.74, 6) is 0.0653. The maximum Gasteiger partial charge on any atom is 0.233 e. The molecule has 4 heteroatoms. The van der Waals surface area contributed by atoms with Crippen LogP contribution in [0.5, 0.6) is 0 Å². The van der Waals surface area contributed by atoms with E-state index in [1.165, 1.54) is 4.88 Å². The van der Waals surface area contributed by atoms with E-state index in [0.29, 0.717) is 19.1 Å². The molecule has 0 saturated heterocycles. The highest BCUT2D eigenvalue weighted by molar-refractivity contribution is 7.09. The average molecular weight is 226 g/mol. The highest BCUT2D eigenvalue weighted by atomic mass is 32.1. The van der Waals surface area contributed by atoms with Gasteiger partial charge in [-0.25, -0.2) is 0 Å². The third-order valence-electron chi connectivity index (χ3n) is 2.07. The van der Waals surface area contributed by atoms with Crippen LogP contribution >= 0.6 is 11.3 Å². The predicted molar refractivity (Wildman–Crippen MR) is 64.2 cm³/mol. The van der Waals surface area contributed by atoms with Crippen LogP contribution in [0.25, 0.3) is 0 Å². The zero-order chi connectivity index (χ0) is 11.1. The molecule has 0 bridgehead atoms. The normalized spacial score (nSPS) is 12.4. The van der Waals surface area contributed by atoms with Gasteiger partial charge in [0.2, 0.25) is 5.91 Å². The van der Waals surface area contributed by atoms with Crippen LogP contribution in [-0.2, 0) is 11.2 Å². The third-order valence-corrected chi connectivity index (χ3v) is 2.97. The quantitative estimate of drug-likeness (QED) is 0.770. The van der Waals surface area contributed by atoms with Gasteiger partial charge < -0.3 is 10.6 Å². The van der Waals surface area contributed by atoms with Crippen LogP contribution in [0.4, 0.5) is 0 Å². The summed E-state index contributed by atoms with van der Waals surface area (Å²) in [5.41, 5.74) is 0. The number of nitrogens with one attached hydrogen (secondary N) is 2. The van der Waals surface area contributed by atoms with E-state index in [4.69, 9.17) is 0 Å². The van der Waals surface area contributed by atoms with Crippen LogP contribution in [0.3, 0.4) is 0 Å². The van der Waals surface area contributed by atoms with Crippen LogP contribution in [-0.4, -0.2) is 25.0 Å². The van der Waals surface area contributed by atoms with Crippen molar-refractivity contribution in [2.45, 2.75) is 26.3 Å². The van der Waals surface area contributed by atoms with Gasteiger partial charge in [0, 0.05) is 17.5 Å². The molecule has 1 atom stereocenters. The molecule has 0 fully saturated rings. The lowest BCUT2D eigenvalue weighted by atomic mass is 10.2. The van der Waals surface area contributed by atoms with Crippen LogP contribution < -0.4 is 10.6 Å².